The van der Waals surface area contributed by atoms with Gasteiger partial charge in [-0.2, -0.15) is 0 Å². The molecule has 1 aromatic carbocycles. The highest BCUT2D eigenvalue weighted by Gasteiger charge is 2.15. The molecular weight excluding hydrogens is 359 g/mol. The van der Waals surface area contributed by atoms with Gasteiger partial charge in [-0.05, 0) is 56.3 Å². The van der Waals surface area contributed by atoms with Crippen LogP contribution < -0.4 is 10.6 Å². The number of carbonyl (C=O) groups is 1. The van der Waals surface area contributed by atoms with Crippen LogP contribution in [-0.2, 0) is 0 Å². The molecule has 1 fully saturated rings. The summed E-state index contributed by atoms with van der Waals surface area (Å²) >= 11 is 0. The van der Waals surface area contributed by atoms with E-state index in [1.165, 1.54) is 31.4 Å². The molecule has 3 aromatic rings. The van der Waals surface area contributed by atoms with Crippen molar-refractivity contribution < 1.29 is 13.6 Å². The molecule has 3 heterocycles. The van der Waals surface area contributed by atoms with E-state index in [1.807, 2.05) is 0 Å². The number of fused-ring (bicyclic) bond motifs is 1. The Balaban J connectivity index is 1.47. The summed E-state index contributed by atoms with van der Waals surface area (Å²) in [6.45, 7) is 3.61. The van der Waals surface area contributed by atoms with E-state index in [0.717, 1.165) is 25.0 Å². The zero-order chi connectivity index (χ0) is 19.3. The van der Waals surface area contributed by atoms with E-state index in [4.69, 9.17) is 4.42 Å². The number of aromatic nitrogens is 1. The summed E-state index contributed by atoms with van der Waals surface area (Å²) in [5.41, 5.74) is 1.53. The topological polar surface area (TPSA) is 70.4 Å². The van der Waals surface area contributed by atoms with Gasteiger partial charge in [0.2, 0.25) is 0 Å². The van der Waals surface area contributed by atoms with Crippen molar-refractivity contribution in [3.63, 3.8) is 0 Å². The number of benzene rings is 1. The molecule has 0 saturated carbocycles. The zero-order valence-electron chi connectivity index (χ0n) is 15.6. The molecule has 6 nitrogen and oxygen atoms in total. The number of hydrogen-bond donors (Lipinski definition) is 2. The van der Waals surface area contributed by atoms with Crippen molar-refractivity contribution >= 4 is 28.4 Å². The third-order valence-electron chi connectivity index (χ3n) is 4.95. The van der Waals surface area contributed by atoms with E-state index in [9.17, 15) is 9.18 Å². The van der Waals surface area contributed by atoms with Crippen LogP contribution >= 0.6 is 0 Å². The number of likely N-dealkylation sites (tertiary alicyclic amines) is 1. The Bertz CT molecular complexity index is 949. The zero-order valence-corrected chi connectivity index (χ0v) is 15.6. The smallest absolute Gasteiger partial charge is 0.270 e. The van der Waals surface area contributed by atoms with Gasteiger partial charge in [0.25, 0.3) is 5.91 Å². The van der Waals surface area contributed by atoms with Gasteiger partial charge in [0.1, 0.15) is 22.9 Å². The predicted molar refractivity (Wildman–Crippen MR) is 106 cm³/mol. The van der Waals surface area contributed by atoms with Gasteiger partial charge in [0.15, 0.2) is 0 Å². The Hall–Kier alpha value is -2.93. The van der Waals surface area contributed by atoms with Gasteiger partial charge in [0.05, 0.1) is 11.6 Å². The van der Waals surface area contributed by atoms with Gasteiger partial charge in [-0.1, -0.05) is 6.42 Å². The molecule has 1 amide bonds. The third kappa shape index (κ3) is 4.31. The van der Waals surface area contributed by atoms with Crippen molar-refractivity contribution in [1.29, 1.82) is 0 Å². The summed E-state index contributed by atoms with van der Waals surface area (Å²) in [6, 6.07) is 9.40. The number of pyridine rings is 1. The number of nitrogens with zero attached hydrogens (tertiary/aromatic N) is 2. The molecule has 28 heavy (non-hydrogen) atoms. The molecule has 0 spiro atoms. The maximum Gasteiger partial charge on any atom is 0.270 e. The van der Waals surface area contributed by atoms with Crippen molar-refractivity contribution in [3.8, 4) is 0 Å². The van der Waals surface area contributed by atoms with Crippen LogP contribution in [0.15, 0.2) is 47.1 Å². The molecule has 4 rings (SSSR count). The van der Waals surface area contributed by atoms with Crippen molar-refractivity contribution in [2.24, 2.45) is 0 Å². The molecule has 0 radical (unpaired) electrons. The van der Waals surface area contributed by atoms with Crippen LogP contribution in [0.2, 0.25) is 0 Å². The van der Waals surface area contributed by atoms with E-state index in [-0.39, 0.29) is 17.4 Å². The van der Waals surface area contributed by atoms with Crippen LogP contribution in [0.1, 0.15) is 29.8 Å². The lowest BCUT2D eigenvalue weighted by atomic mass is 10.1. The lowest BCUT2D eigenvalue weighted by molar-refractivity contribution is 0.0942. The number of hydrogen-bond acceptors (Lipinski definition) is 5. The van der Waals surface area contributed by atoms with Crippen LogP contribution in [-0.4, -0.2) is 42.0 Å². The Morgan fingerprint density at radius 1 is 1.14 bits per heavy atom. The van der Waals surface area contributed by atoms with Crippen molar-refractivity contribution in [3.05, 3.63) is 54.2 Å². The number of halogens is 1. The average Bonchev–Trinajstić information content (AvgIpc) is 3.19. The largest absolute Gasteiger partial charge is 0.464 e. The Morgan fingerprint density at radius 2 is 1.93 bits per heavy atom. The molecule has 0 bridgehead atoms. The Morgan fingerprint density at radius 3 is 2.71 bits per heavy atom. The fraction of sp³-hybridized carbons (Fsp3) is 0.333. The fourth-order valence-electron chi connectivity index (χ4n) is 3.45. The Kier molecular flexibility index (Phi) is 5.53. The molecule has 2 aromatic heterocycles. The molecule has 1 saturated heterocycles. The predicted octanol–water partition coefficient (Wildman–Crippen LogP) is 3.93. The maximum atomic E-state index is 13.1. The number of furan rings is 1. The van der Waals surface area contributed by atoms with Crippen LogP contribution in [0, 0.1) is 5.82 Å². The van der Waals surface area contributed by atoms with Crippen LogP contribution in [0.3, 0.4) is 0 Å². The molecule has 0 unspecified atom stereocenters. The van der Waals surface area contributed by atoms with Crippen molar-refractivity contribution in [2.45, 2.75) is 19.3 Å². The molecule has 1 aliphatic heterocycles. The number of rotatable bonds is 6. The lowest BCUT2D eigenvalue weighted by Gasteiger charge is -2.26. The number of carbonyl (C=O) groups excluding carboxylic acids is 1. The normalized spacial score (nSPS) is 14.9. The third-order valence-corrected chi connectivity index (χ3v) is 4.95. The van der Waals surface area contributed by atoms with Crippen LogP contribution in [0.25, 0.3) is 11.0 Å². The molecule has 2 N–H and O–H groups in total. The summed E-state index contributed by atoms with van der Waals surface area (Å²) in [7, 11) is 0. The number of piperidine rings is 1. The van der Waals surface area contributed by atoms with Gasteiger partial charge in [0, 0.05) is 24.8 Å². The van der Waals surface area contributed by atoms with Crippen LogP contribution in [0.4, 0.5) is 15.9 Å². The second kappa shape index (κ2) is 8.39. The summed E-state index contributed by atoms with van der Waals surface area (Å²) in [6.07, 6.45) is 5.30. The molecule has 1 aliphatic rings. The van der Waals surface area contributed by atoms with E-state index < -0.39 is 0 Å². The minimum atomic E-state index is -0.311. The first-order chi connectivity index (χ1) is 13.7. The van der Waals surface area contributed by atoms with Crippen LogP contribution in [0.5, 0.6) is 0 Å². The first-order valence-corrected chi connectivity index (χ1v) is 9.60. The van der Waals surface area contributed by atoms with E-state index in [0.29, 0.717) is 23.6 Å². The monoisotopic (exact) mass is 382 g/mol. The minimum Gasteiger partial charge on any atom is -0.464 e. The van der Waals surface area contributed by atoms with Gasteiger partial charge in [-0.3, -0.25) is 4.79 Å². The molecular formula is C21H23FN4O2. The summed E-state index contributed by atoms with van der Waals surface area (Å²) in [5.74, 6) is -0.0506. The van der Waals surface area contributed by atoms with Gasteiger partial charge in [-0.15, -0.1) is 0 Å². The number of amides is 1. The lowest BCUT2D eigenvalue weighted by Crippen LogP contribution is -2.37. The fourth-order valence-corrected chi connectivity index (χ4v) is 3.45. The maximum absolute atomic E-state index is 13.1. The highest BCUT2D eigenvalue weighted by Crippen LogP contribution is 2.26. The quantitative estimate of drug-likeness (QED) is 0.676. The van der Waals surface area contributed by atoms with E-state index >= 15 is 0 Å². The van der Waals surface area contributed by atoms with Gasteiger partial charge >= 0.3 is 0 Å². The number of nitrogens with one attached hydrogen (secondary N) is 2. The first kappa shape index (κ1) is 18.4. The molecule has 0 aliphatic carbocycles. The summed E-state index contributed by atoms with van der Waals surface area (Å²) in [4.78, 5) is 19.4. The average molecular weight is 382 g/mol. The standard InChI is InChI=1S/C21H23FN4O2/c22-15-4-6-16(7-5-15)24-20-17-8-13-28-19(17)14-18(25-20)21(27)23-9-12-26-10-2-1-3-11-26/h4-8,13-14H,1-3,9-12H2,(H,23,27)(H,24,25). The molecule has 7 heteroatoms. The van der Waals surface area contributed by atoms with Gasteiger partial charge < -0.3 is 20.0 Å². The highest BCUT2D eigenvalue weighted by atomic mass is 19.1. The molecule has 0 atom stereocenters. The molecule has 146 valence electrons. The second-order valence-corrected chi connectivity index (χ2v) is 6.98. The van der Waals surface area contributed by atoms with Crippen molar-refractivity contribution in [1.82, 2.24) is 15.2 Å². The second-order valence-electron chi connectivity index (χ2n) is 6.98. The number of anilines is 2. The summed E-state index contributed by atoms with van der Waals surface area (Å²) < 4.78 is 18.6. The van der Waals surface area contributed by atoms with E-state index in [1.54, 1.807) is 30.5 Å². The SMILES string of the molecule is O=C(NCCN1CCCCC1)c1cc2occc2c(Nc2ccc(F)cc2)n1. The minimum absolute atomic E-state index is 0.238. The highest BCUT2D eigenvalue weighted by molar-refractivity contribution is 5.99. The Labute approximate surface area is 162 Å². The van der Waals surface area contributed by atoms with Gasteiger partial charge in [-0.25, -0.2) is 9.37 Å². The summed E-state index contributed by atoms with van der Waals surface area (Å²) in [5, 5.41) is 6.84. The van der Waals surface area contributed by atoms with E-state index in [2.05, 4.69) is 20.5 Å². The first-order valence-electron chi connectivity index (χ1n) is 9.60. The van der Waals surface area contributed by atoms with Crippen molar-refractivity contribution in [2.75, 3.05) is 31.5 Å².